The van der Waals surface area contributed by atoms with Gasteiger partial charge in [0.05, 0.1) is 26.9 Å². The van der Waals surface area contributed by atoms with E-state index in [2.05, 4.69) is 0 Å². The van der Waals surface area contributed by atoms with Crippen molar-refractivity contribution < 1.29 is 18.9 Å². The Balaban J connectivity index is 2.24. The number of fused-ring (bicyclic) bond motifs is 1. The van der Waals surface area contributed by atoms with Gasteiger partial charge in [0.1, 0.15) is 0 Å². The minimum absolute atomic E-state index is 0.497. The standard InChI is InChI=1S/C18H17NO4/c1-21-16-10-13(11-17(22-2)18(16)23-3)15-9-8-12-6-4-5-7-14(12)19(15)20/h4-11H,1-3H3. The van der Waals surface area contributed by atoms with Crippen molar-refractivity contribution in [2.75, 3.05) is 21.3 Å². The van der Waals surface area contributed by atoms with Gasteiger partial charge in [-0.15, -0.1) is 0 Å². The molecule has 0 atom stereocenters. The highest BCUT2D eigenvalue weighted by molar-refractivity contribution is 5.78. The number of pyridine rings is 1. The van der Waals surface area contributed by atoms with Crippen molar-refractivity contribution in [1.82, 2.24) is 0 Å². The molecule has 0 fully saturated rings. The van der Waals surface area contributed by atoms with Crippen LogP contribution < -0.4 is 18.9 Å². The Labute approximate surface area is 134 Å². The predicted molar refractivity (Wildman–Crippen MR) is 88.0 cm³/mol. The van der Waals surface area contributed by atoms with Crippen molar-refractivity contribution in [2.24, 2.45) is 0 Å². The quantitative estimate of drug-likeness (QED) is 0.548. The van der Waals surface area contributed by atoms with E-state index in [0.717, 1.165) is 10.1 Å². The Morgan fingerprint density at radius 3 is 2.09 bits per heavy atom. The van der Waals surface area contributed by atoms with E-state index >= 15 is 0 Å². The lowest BCUT2D eigenvalue weighted by Crippen LogP contribution is -2.30. The maximum atomic E-state index is 12.7. The van der Waals surface area contributed by atoms with Gasteiger partial charge in [0, 0.05) is 17.5 Å². The minimum atomic E-state index is 0.497. The van der Waals surface area contributed by atoms with Crippen LogP contribution >= 0.6 is 0 Å². The molecule has 0 spiro atoms. The lowest BCUT2D eigenvalue weighted by atomic mass is 10.1. The molecule has 118 valence electrons. The van der Waals surface area contributed by atoms with Crippen LogP contribution in [-0.4, -0.2) is 21.3 Å². The summed E-state index contributed by atoms with van der Waals surface area (Å²) in [6.45, 7) is 0. The zero-order valence-corrected chi connectivity index (χ0v) is 13.2. The molecular weight excluding hydrogens is 294 g/mol. The van der Waals surface area contributed by atoms with Crippen molar-refractivity contribution >= 4 is 10.9 Å². The smallest absolute Gasteiger partial charge is 0.224 e. The van der Waals surface area contributed by atoms with E-state index in [9.17, 15) is 5.21 Å². The van der Waals surface area contributed by atoms with Gasteiger partial charge in [-0.2, -0.15) is 4.73 Å². The molecule has 5 nitrogen and oxygen atoms in total. The van der Waals surface area contributed by atoms with Crippen molar-refractivity contribution in [3.05, 3.63) is 53.7 Å². The highest BCUT2D eigenvalue weighted by atomic mass is 16.5. The molecule has 0 amide bonds. The Morgan fingerprint density at radius 2 is 1.48 bits per heavy atom. The third kappa shape index (κ3) is 2.50. The van der Waals surface area contributed by atoms with E-state index in [1.165, 1.54) is 0 Å². The van der Waals surface area contributed by atoms with Gasteiger partial charge in [-0.05, 0) is 24.3 Å². The van der Waals surface area contributed by atoms with Gasteiger partial charge in [0.2, 0.25) is 17.0 Å². The second-order valence-corrected chi connectivity index (χ2v) is 4.99. The second kappa shape index (κ2) is 6.04. The maximum absolute atomic E-state index is 12.7. The lowest BCUT2D eigenvalue weighted by Gasteiger charge is -2.14. The molecule has 1 aromatic heterocycles. The number of aromatic nitrogens is 1. The number of hydrogen-bond donors (Lipinski definition) is 0. The van der Waals surface area contributed by atoms with E-state index in [4.69, 9.17) is 14.2 Å². The van der Waals surface area contributed by atoms with Gasteiger partial charge in [0.15, 0.2) is 11.5 Å². The van der Waals surface area contributed by atoms with Gasteiger partial charge in [-0.25, -0.2) is 0 Å². The van der Waals surface area contributed by atoms with E-state index in [-0.39, 0.29) is 0 Å². The first-order valence-electron chi connectivity index (χ1n) is 7.11. The first kappa shape index (κ1) is 15.0. The van der Waals surface area contributed by atoms with Gasteiger partial charge < -0.3 is 19.4 Å². The van der Waals surface area contributed by atoms with Gasteiger partial charge in [-0.1, -0.05) is 12.1 Å². The molecule has 0 aliphatic heterocycles. The van der Waals surface area contributed by atoms with E-state index in [0.29, 0.717) is 34.0 Å². The number of rotatable bonds is 4. The predicted octanol–water partition coefficient (Wildman–Crippen LogP) is 3.17. The fraction of sp³-hybridized carbons (Fsp3) is 0.167. The van der Waals surface area contributed by atoms with Crippen LogP contribution in [-0.2, 0) is 0 Å². The third-order valence-corrected chi connectivity index (χ3v) is 3.76. The first-order valence-corrected chi connectivity index (χ1v) is 7.11. The van der Waals surface area contributed by atoms with Crippen molar-refractivity contribution in [3.8, 4) is 28.5 Å². The molecule has 3 aromatic rings. The molecule has 0 saturated heterocycles. The summed E-state index contributed by atoms with van der Waals surface area (Å²) in [5, 5.41) is 13.6. The highest BCUT2D eigenvalue weighted by Gasteiger charge is 2.19. The molecule has 0 bridgehead atoms. The fourth-order valence-electron chi connectivity index (χ4n) is 2.62. The van der Waals surface area contributed by atoms with E-state index in [1.807, 2.05) is 24.3 Å². The number of para-hydroxylation sites is 1. The number of nitrogens with zero attached hydrogens (tertiary/aromatic N) is 1. The Kier molecular flexibility index (Phi) is 3.93. The molecule has 3 rings (SSSR count). The topological polar surface area (TPSA) is 54.6 Å². The molecule has 0 aliphatic carbocycles. The summed E-state index contributed by atoms with van der Waals surface area (Å²) >= 11 is 0. The van der Waals surface area contributed by atoms with Crippen LogP contribution in [0.5, 0.6) is 17.2 Å². The van der Waals surface area contributed by atoms with E-state index < -0.39 is 0 Å². The van der Waals surface area contributed by atoms with Crippen LogP contribution in [0.1, 0.15) is 0 Å². The molecular formula is C18H17NO4. The summed E-state index contributed by atoms with van der Waals surface area (Å²) in [6, 6.07) is 14.7. The van der Waals surface area contributed by atoms with Gasteiger partial charge >= 0.3 is 0 Å². The van der Waals surface area contributed by atoms with Gasteiger partial charge in [0.25, 0.3) is 0 Å². The summed E-state index contributed by atoms with van der Waals surface area (Å²) in [6.07, 6.45) is 0. The molecule has 0 radical (unpaired) electrons. The van der Waals surface area contributed by atoms with Crippen LogP contribution in [0, 0.1) is 5.21 Å². The molecule has 1 heterocycles. The number of hydrogen-bond acceptors (Lipinski definition) is 4. The molecule has 0 N–H and O–H groups in total. The third-order valence-electron chi connectivity index (χ3n) is 3.76. The maximum Gasteiger partial charge on any atom is 0.224 e. The molecule has 5 heteroatoms. The minimum Gasteiger partial charge on any atom is -0.618 e. The van der Waals surface area contributed by atoms with Crippen LogP contribution in [0.3, 0.4) is 0 Å². The lowest BCUT2D eigenvalue weighted by molar-refractivity contribution is -0.565. The molecule has 23 heavy (non-hydrogen) atoms. The van der Waals surface area contributed by atoms with Gasteiger partial charge in [-0.3, -0.25) is 0 Å². The van der Waals surface area contributed by atoms with Crippen LogP contribution in [0.4, 0.5) is 0 Å². The summed E-state index contributed by atoms with van der Waals surface area (Å²) in [7, 11) is 4.64. The second-order valence-electron chi connectivity index (χ2n) is 4.99. The number of benzene rings is 2. The summed E-state index contributed by atoms with van der Waals surface area (Å²) in [5.41, 5.74) is 1.82. The normalized spacial score (nSPS) is 10.6. The van der Waals surface area contributed by atoms with Crippen molar-refractivity contribution in [2.45, 2.75) is 0 Å². The summed E-state index contributed by atoms with van der Waals surface area (Å²) in [4.78, 5) is 0. The summed E-state index contributed by atoms with van der Waals surface area (Å²) < 4.78 is 16.9. The van der Waals surface area contributed by atoms with E-state index in [1.54, 1.807) is 45.6 Å². The highest BCUT2D eigenvalue weighted by Crippen LogP contribution is 2.40. The first-order chi connectivity index (χ1) is 11.2. The number of ether oxygens (including phenoxy) is 3. The average Bonchev–Trinajstić information content (AvgIpc) is 2.61. The van der Waals surface area contributed by atoms with Crippen LogP contribution in [0.2, 0.25) is 0 Å². The summed E-state index contributed by atoms with van der Waals surface area (Å²) in [5.74, 6) is 1.52. The Morgan fingerprint density at radius 1 is 0.826 bits per heavy atom. The zero-order valence-electron chi connectivity index (χ0n) is 13.2. The largest absolute Gasteiger partial charge is 0.618 e. The molecule has 0 aliphatic rings. The van der Waals surface area contributed by atoms with Crippen LogP contribution in [0.25, 0.3) is 22.2 Å². The fourth-order valence-corrected chi connectivity index (χ4v) is 2.62. The zero-order chi connectivity index (χ0) is 16.4. The monoisotopic (exact) mass is 311 g/mol. The van der Waals surface area contributed by atoms with Crippen molar-refractivity contribution in [1.29, 1.82) is 0 Å². The van der Waals surface area contributed by atoms with Crippen molar-refractivity contribution in [3.63, 3.8) is 0 Å². The molecule has 0 saturated carbocycles. The Bertz CT molecular complexity index is 836. The molecule has 0 unspecified atom stereocenters. The Hall–Kier alpha value is -2.95. The SMILES string of the molecule is COc1cc(-c2ccc3ccccc3[n+]2[O-])cc(OC)c1OC. The average molecular weight is 311 g/mol. The molecule has 2 aromatic carbocycles. The number of methoxy groups -OCH3 is 3. The van der Waals surface area contributed by atoms with Crippen LogP contribution in [0.15, 0.2) is 48.5 Å².